The molecule has 1 atom stereocenters. The Hall–Kier alpha value is -4.43. The molecule has 2 aliphatic heterocycles. The number of aryl methyl sites for hydroxylation is 1. The fraction of sp³-hybridized carbons (Fsp3) is 0.281. The molecule has 220 valence electrons. The lowest BCUT2D eigenvalue weighted by Gasteiger charge is -2.28. The summed E-state index contributed by atoms with van der Waals surface area (Å²) >= 11 is 6.78. The minimum absolute atomic E-state index is 0.280. The first-order valence-electron chi connectivity index (χ1n) is 14.4. The lowest BCUT2D eigenvalue weighted by Crippen LogP contribution is -2.42. The van der Waals surface area contributed by atoms with E-state index in [1.807, 2.05) is 30.5 Å². The number of anilines is 3. The number of nitriles is 1. The number of hydrazine groups is 2. The van der Waals surface area contributed by atoms with Crippen LogP contribution in [0.2, 0.25) is 5.02 Å². The molecule has 0 unspecified atom stereocenters. The number of fused-ring (bicyclic) bond motifs is 1. The molecule has 0 bridgehead atoms. The van der Waals surface area contributed by atoms with Crippen molar-refractivity contribution < 1.29 is 4.39 Å². The molecule has 2 aliphatic rings. The summed E-state index contributed by atoms with van der Waals surface area (Å²) in [6.07, 6.45) is 11.0. The topological polar surface area (TPSA) is 104 Å². The minimum Gasteiger partial charge on any atom is -0.373 e. The number of piperidine rings is 1. The molecular weight excluding hydrogens is 565 g/mol. The van der Waals surface area contributed by atoms with Crippen LogP contribution in [-0.4, -0.2) is 46.1 Å². The molecule has 4 N–H and O–H groups in total. The van der Waals surface area contributed by atoms with Crippen molar-refractivity contribution in [3.63, 3.8) is 0 Å². The molecule has 1 saturated heterocycles. The van der Waals surface area contributed by atoms with E-state index in [-0.39, 0.29) is 11.9 Å². The van der Waals surface area contributed by atoms with Gasteiger partial charge >= 0.3 is 0 Å². The van der Waals surface area contributed by atoms with Crippen molar-refractivity contribution in [3.05, 3.63) is 100 Å². The fourth-order valence-electron chi connectivity index (χ4n) is 5.55. The molecule has 0 aliphatic carbocycles. The van der Waals surface area contributed by atoms with Gasteiger partial charge in [-0.05, 0) is 80.4 Å². The van der Waals surface area contributed by atoms with Crippen molar-refractivity contribution in [2.45, 2.75) is 32.2 Å². The van der Waals surface area contributed by atoms with Gasteiger partial charge in [0.2, 0.25) is 0 Å². The van der Waals surface area contributed by atoms with E-state index in [0.717, 1.165) is 43.1 Å². The summed E-state index contributed by atoms with van der Waals surface area (Å²) in [7, 11) is 0. The molecule has 4 heterocycles. The quantitative estimate of drug-likeness (QED) is 0.181. The molecule has 11 heteroatoms. The van der Waals surface area contributed by atoms with Gasteiger partial charge in [0, 0.05) is 54.6 Å². The highest BCUT2D eigenvalue weighted by molar-refractivity contribution is 6.36. The normalized spacial score (nSPS) is 16.0. The van der Waals surface area contributed by atoms with Gasteiger partial charge < -0.3 is 21.0 Å². The second-order valence-corrected chi connectivity index (χ2v) is 11.3. The highest BCUT2D eigenvalue weighted by Crippen LogP contribution is 2.37. The molecular formula is C32H33ClFN9. The number of hydrogen-bond donors (Lipinski definition) is 4. The fourth-order valence-corrected chi connectivity index (χ4v) is 5.82. The summed E-state index contributed by atoms with van der Waals surface area (Å²) in [4.78, 5) is 11.3. The van der Waals surface area contributed by atoms with E-state index in [1.165, 1.54) is 31.5 Å². The maximum absolute atomic E-state index is 13.9. The summed E-state index contributed by atoms with van der Waals surface area (Å²) in [6.45, 7) is 5.84. The van der Waals surface area contributed by atoms with E-state index < -0.39 is 0 Å². The van der Waals surface area contributed by atoms with Gasteiger partial charge in [-0.1, -0.05) is 24.1 Å². The van der Waals surface area contributed by atoms with Crippen LogP contribution in [0, 0.1) is 24.1 Å². The van der Waals surface area contributed by atoms with Gasteiger partial charge in [-0.15, -0.1) is 5.53 Å². The Labute approximate surface area is 255 Å². The molecule has 9 nitrogen and oxygen atoms in total. The SMILES string of the molecule is Cc1cc(Nc2c(C#N)cnc3c(Cl)cc(N[C@H](C4=CN(CCN5CCCCC5)NN4)c4cccnc4)cc23)ccc1F. The third-order valence-electron chi connectivity index (χ3n) is 7.86. The predicted molar refractivity (Wildman–Crippen MR) is 168 cm³/mol. The van der Waals surface area contributed by atoms with Crippen LogP contribution < -0.4 is 21.6 Å². The Morgan fingerprint density at radius 2 is 1.95 bits per heavy atom. The zero-order chi connectivity index (χ0) is 29.8. The van der Waals surface area contributed by atoms with Crippen LogP contribution in [-0.2, 0) is 0 Å². The van der Waals surface area contributed by atoms with Crippen LogP contribution in [0.25, 0.3) is 10.9 Å². The predicted octanol–water partition coefficient (Wildman–Crippen LogP) is 6.15. The number of nitrogens with one attached hydrogen (secondary N) is 4. The largest absolute Gasteiger partial charge is 0.373 e. The number of aromatic nitrogens is 2. The molecule has 2 aromatic carbocycles. The van der Waals surface area contributed by atoms with E-state index in [0.29, 0.717) is 38.4 Å². The average molecular weight is 598 g/mol. The Balaban J connectivity index is 1.32. The van der Waals surface area contributed by atoms with E-state index in [9.17, 15) is 9.65 Å². The summed E-state index contributed by atoms with van der Waals surface area (Å²) < 4.78 is 13.9. The maximum atomic E-state index is 13.9. The Bertz CT molecular complexity index is 1680. The van der Waals surface area contributed by atoms with Crippen molar-refractivity contribution in [1.29, 1.82) is 5.26 Å². The standard InChI is InChI=1S/C32H33ClFN9/c1-21-14-24(7-8-28(21)34)38-30-23(17-35)19-37-32-26(30)15-25(16-27(32)33)39-31(22-6-5-9-36-18-22)29-20-43(41-40-29)13-12-42-10-3-2-4-11-42/h5-9,14-16,18-20,31,39-41H,2-4,10-13H2,1H3,(H,37,38)/t31-/m0/s1. The summed E-state index contributed by atoms with van der Waals surface area (Å²) in [5.41, 5.74) is 11.8. The molecule has 6 rings (SSSR count). The number of halogens is 2. The Kier molecular flexibility index (Phi) is 8.56. The van der Waals surface area contributed by atoms with Gasteiger partial charge in [-0.3, -0.25) is 15.0 Å². The number of nitrogens with zero attached hydrogens (tertiary/aromatic N) is 5. The van der Waals surface area contributed by atoms with Crippen LogP contribution in [0.3, 0.4) is 0 Å². The first-order valence-corrected chi connectivity index (χ1v) is 14.8. The molecule has 2 aromatic heterocycles. The lowest BCUT2D eigenvalue weighted by atomic mass is 10.0. The first kappa shape index (κ1) is 28.7. The van der Waals surface area contributed by atoms with Crippen LogP contribution in [0.4, 0.5) is 21.5 Å². The van der Waals surface area contributed by atoms with E-state index in [4.69, 9.17) is 11.6 Å². The van der Waals surface area contributed by atoms with Gasteiger partial charge in [0.05, 0.1) is 33.5 Å². The van der Waals surface area contributed by atoms with Crippen molar-refractivity contribution in [3.8, 4) is 6.07 Å². The third kappa shape index (κ3) is 6.49. The monoisotopic (exact) mass is 597 g/mol. The minimum atomic E-state index is -0.295. The number of likely N-dealkylation sites (tertiary alicyclic amines) is 1. The summed E-state index contributed by atoms with van der Waals surface area (Å²) in [5, 5.41) is 20.0. The number of rotatable bonds is 9. The van der Waals surface area contributed by atoms with Crippen LogP contribution >= 0.6 is 11.6 Å². The number of pyridine rings is 2. The van der Waals surface area contributed by atoms with E-state index >= 15 is 0 Å². The second-order valence-electron chi connectivity index (χ2n) is 10.9. The highest BCUT2D eigenvalue weighted by atomic mass is 35.5. The van der Waals surface area contributed by atoms with E-state index in [1.54, 1.807) is 25.3 Å². The maximum Gasteiger partial charge on any atom is 0.126 e. The van der Waals surface area contributed by atoms with Gasteiger partial charge in [0.15, 0.2) is 0 Å². The van der Waals surface area contributed by atoms with Gasteiger partial charge in [-0.2, -0.15) is 5.26 Å². The van der Waals surface area contributed by atoms with Crippen molar-refractivity contribution in [2.24, 2.45) is 0 Å². The molecule has 0 radical (unpaired) electrons. The van der Waals surface area contributed by atoms with Crippen molar-refractivity contribution in [1.82, 2.24) is 30.8 Å². The number of hydrogen-bond acceptors (Lipinski definition) is 9. The smallest absolute Gasteiger partial charge is 0.126 e. The molecule has 43 heavy (non-hydrogen) atoms. The average Bonchev–Trinajstić information content (AvgIpc) is 3.50. The zero-order valence-electron chi connectivity index (χ0n) is 23.9. The first-order chi connectivity index (χ1) is 21.0. The van der Waals surface area contributed by atoms with E-state index in [2.05, 4.69) is 53.7 Å². The summed E-state index contributed by atoms with van der Waals surface area (Å²) in [5.74, 6) is -0.295. The van der Waals surface area contributed by atoms with Gasteiger partial charge in [-0.25, -0.2) is 4.39 Å². The van der Waals surface area contributed by atoms with Gasteiger partial charge in [0.25, 0.3) is 0 Å². The van der Waals surface area contributed by atoms with Crippen LogP contribution in [0.15, 0.2) is 73.0 Å². The summed E-state index contributed by atoms with van der Waals surface area (Å²) in [6, 6.07) is 14.4. The molecule has 1 fully saturated rings. The zero-order valence-corrected chi connectivity index (χ0v) is 24.6. The Morgan fingerprint density at radius 1 is 1.09 bits per heavy atom. The molecule has 0 amide bonds. The van der Waals surface area contributed by atoms with Crippen LogP contribution in [0.1, 0.15) is 42.0 Å². The van der Waals surface area contributed by atoms with Crippen molar-refractivity contribution in [2.75, 3.05) is 36.8 Å². The van der Waals surface area contributed by atoms with Gasteiger partial charge in [0.1, 0.15) is 11.9 Å². The second kappa shape index (κ2) is 12.8. The molecule has 0 spiro atoms. The third-order valence-corrected chi connectivity index (χ3v) is 8.15. The molecule has 0 saturated carbocycles. The number of benzene rings is 2. The van der Waals surface area contributed by atoms with Crippen LogP contribution in [0.5, 0.6) is 0 Å². The lowest BCUT2D eigenvalue weighted by molar-refractivity contribution is 0.181. The molecule has 4 aromatic rings. The van der Waals surface area contributed by atoms with Crippen molar-refractivity contribution >= 4 is 39.6 Å². The Morgan fingerprint density at radius 3 is 2.72 bits per heavy atom. The highest BCUT2D eigenvalue weighted by Gasteiger charge is 2.24.